The van der Waals surface area contributed by atoms with Gasteiger partial charge in [-0.15, -0.1) is 0 Å². The van der Waals surface area contributed by atoms with Gasteiger partial charge in [0.1, 0.15) is 5.56 Å². The zero-order chi connectivity index (χ0) is 23.4. The Morgan fingerprint density at radius 3 is 2.64 bits per heavy atom. The van der Waals surface area contributed by atoms with Crippen LogP contribution in [0.1, 0.15) is 52.9 Å². The van der Waals surface area contributed by atoms with E-state index >= 15 is 0 Å². The molecule has 33 heavy (non-hydrogen) atoms. The Hall–Kier alpha value is -3.68. The van der Waals surface area contributed by atoms with E-state index in [1.165, 1.54) is 6.92 Å². The van der Waals surface area contributed by atoms with Gasteiger partial charge < -0.3 is 14.8 Å². The van der Waals surface area contributed by atoms with Crippen LogP contribution in [0.25, 0.3) is 0 Å². The Kier molecular flexibility index (Phi) is 6.72. The number of amides is 2. The third-order valence-electron chi connectivity index (χ3n) is 5.93. The van der Waals surface area contributed by atoms with Crippen LogP contribution in [0.3, 0.4) is 0 Å². The van der Waals surface area contributed by atoms with Crippen molar-refractivity contribution in [3.63, 3.8) is 0 Å². The van der Waals surface area contributed by atoms with Crippen LogP contribution in [-0.2, 0) is 37.4 Å². The lowest BCUT2D eigenvalue weighted by atomic mass is 9.95. The lowest BCUT2D eigenvalue weighted by molar-refractivity contribution is -0.129. The summed E-state index contributed by atoms with van der Waals surface area (Å²) in [5.74, 6) is -0.408. The number of carbonyl (C=O) groups excluding carboxylic acids is 2. The number of benzene rings is 1. The van der Waals surface area contributed by atoms with Crippen molar-refractivity contribution in [1.82, 2.24) is 24.6 Å². The van der Waals surface area contributed by atoms with Crippen LogP contribution >= 0.6 is 0 Å². The highest BCUT2D eigenvalue weighted by atomic mass is 16.2. The number of aromatic nitrogens is 3. The van der Waals surface area contributed by atoms with Gasteiger partial charge in [-0.1, -0.05) is 37.3 Å². The SMILES string of the molecule is CCCn1cc(CNC(=O)c2c3c(cn(Cc4ccccc4)c2=O)CN(C(C)=O)CC3)cn1. The summed E-state index contributed by atoms with van der Waals surface area (Å²) in [6.07, 6.45) is 6.89. The van der Waals surface area contributed by atoms with Gasteiger partial charge in [0.05, 0.1) is 12.7 Å². The second-order valence-electron chi connectivity index (χ2n) is 8.41. The number of pyridine rings is 1. The molecule has 0 spiro atoms. The summed E-state index contributed by atoms with van der Waals surface area (Å²) in [6.45, 7) is 5.98. The fourth-order valence-corrected chi connectivity index (χ4v) is 4.23. The summed E-state index contributed by atoms with van der Waals surface area (Å²) in [6, 6.07) is 9.65. The Bertz CT molecular complexity index is 1210. The van der Waals surface area contributed by atoms with Crippen molar-refractivity contribution in [2.75, 3.05) is 6.54 Å². The summed E-state index contributed by atoms with van der Waals surface area (Å²) in [5, 5.41) is 7.19. The Morgan fingerprint density at radius 1 is 1.12 bits per heavy atom. The number of hydrogen-bond acceptors (Lipinski definition) is 4. The molecule has 4 rings (SSSR count). The average Bonchev–Trinajstić information content (AvgIpc) is 3.26. The van der Waals surface area contributed by atoms with E-state index in [-0.39, 0.29) is 17.0 Å². The molecule has 0 fully saturated rings. The molecule has 0 saturated heterocycles. The summed E-state index contributed by atoms with van der Waals surface area (Å²) in [4.78, 5) is 40.3. The van der Waals surface area contributed by atoms with Crippen molar-refractivity contribution in [3.05, 3.63) is 87.1 Å². The van der Waals surface area contributed by atoms with E-state index in [0.717, 1.165) is 35.2 Å². The van der Waals surface area contributed by atoms with Crippen molar-refractivity contribution in [3.8, 4) is 0 Å². The Balaban J connectivity index is 1.65. The van der Waals surface area contributed by atoms with Crippen LogP contribution in [-0.4, -0.2) is 37.6 Å². The van der Waals surface area contributed by atoms with Crippen LogP contribution in [0, 0.1) is 0 Å². The van der Waals surface area contributed by atoms with Crippen molar-refractivity contribution < 1.29 is 9.59 Å². The maximum atomic E-state index is 13.4. The van der Waals surface area contributed by atoms with Gasteiger partial charge in [-0.25, -0.2) is 0 Å². The first kappa shape index (κ1) is 22.5. The van der Waals surface area contributed by atoms with Gasteiger partial charge in [-0.2, -0.15) is 5.10 Å². The normalized spacial score (nSPS) is 13.0. The molecule has 0 atom stereocenters. The second kappa shape index (κ2) is 9.85. The van der Waals surface area contributed by atoms with Gasteiger partial charge in [0, 0.05) is 51.1 Å². The molecule has 0 aliphatic carbocycles. The smallest absolute Gasteiger partial charge is 0.264 e. The molecule has 172 valence electrons. The van der Waals surface area contributed by atoms with Gasteiger partial charge >= 0.3 is 0 Å². The third-order valence-corrected chi connectivity index (χ3v) is 5.93. The predicted molar refractivity (Wildman–Crippen MR) is 125 cm³/mol. The number of nitrogens with one attached hydrogen (secondary N) is 1. The number of rotatable bonds is 7. The van der Waals surface area contributed by atoms with Crippen molar-refractivity contribution in [2.45, 2.75) is 52.9 Å². The van der Waals surface area contributed by atoms with E-state index in [9.17, 15) is 14.4 Å². The molecule has 2 aromatic heterocycles. The fraction of sp³-hybridized carbons (Fsp3) is 0.360. The van der Waals surface area contributed by atoms with E-state index < -0.39 is 5.91 Å². The van der Waals surface area contributed by atoms with E-state index in [0.29, 0.717) is 32.6 Å². The van der Waals surface area contributed by atoms with Crippen molar-refractivity contribution >= 4 is 11.8 Å². The minimum Gasteiger partial charge on any atom is -0.348 e. The maximum Gasteiger partial charge on any atom is 0.264 e. The van der Waals surface area contributed by atoms with Crippen molar-refractivity contribution in [2.24, 2.45) is 0 Å². The molecule has 0 unspecified atom stereocenters. The molecule has 1 N–H and O–H groups in total. The molecular formula is C25H29N5O3. The molecule has 1 aliphatic heterocycles. The molecule has 3 heterocycles. The topological polar surface area (TPSA) is 89.2 Å². The number of hydrogen-bond donors (Lipinski definition) is 1. The summed E-state index contributed by atoms with van der Waals surface area (Å²) < 4.78 is 3.42. The van der Waals surface area contributed by atoms with Crippen molar-refractivity contribution in [1.29, 1.82) is 0 Å². The first-order valence-corrected chi connectivity index (χ1v) is 11.3. The van der Waals surface area contributed by atoms with Gasteiger partial charge in [-0.05, 0) is 29.5 Å². The maximum absolute atomic E-state index is 13.4. The molecule has 1 aliphatic rings. The lowest BCUT2D eigenvalue weighted by Gasteiger charge is -2.29. The lowest BCUT2D eigenvalue weighted by Crippen LogP contribution is -2.40. The number of fused-ring (bicyclic) bond motifs is 1. The molecule has 1 aromatic carbocycles. The zero-order valence-corrected chi connectivity index (χ0v) is 19.1. The molecule has 8 heteroatoms. The fourth-order valence-electron chi connectivity index (χ4n) is 4.23. The highest BCUT2D eigenvalue weighted by Crippen LogP contribution is 2.21. The van der Waals surface area contributed by atoms with Crippen LogP contribution < -0.4 is 10.9 Å². The number of carbonyl (C=O) groups is 2. The number of aryl methyl sites for hydroxylation is 1. The van der Waals surface area contributed by atoms with Gasteiger partial charge in [0.15, 0.2) is 0 Å². The first-order chi connectivity index (χ1) is 16.0. The monoisotopic (exact) mass is 447 g/mol. The highest BCUT2D eigenvalue weighted by Gasteiger charge is 2.27. The molecule has 8 nitrogen and oxygen atoms in total. The molecule has 0 bridgehead atoms. The predicted octanol–water partition coefficient (Wildman–Crippen LogP) is 2.34. The second-order valence-corrected chi connectivity index (χ2v) is 8.41. The highest BCUT2D eigenvalue weighted by molar-refractivity contribution is 5.95. The minimum atomic E-state index is -0.391. The van der Waals surface area contributed by atoms with Gasteiger partial charge in [0.2, 0.25) is 5.91 Å². The summed E-state index contributed by atoms with van der Waals surface area (Å²) >= 11 is 0. The average molecular weight is 448 g/mol. The van der Waals surface area contributed by atoms with Crippen LogP contribution in [0.15, 0.2) is 53.7 Å². The zero-order valence-electron chi connectivity index (χ0n) is 19.1. The van der Waals surface area contributed by atoms with Crippen LogP contribution in [0.2, 0.25) is 0 Å². The largest absolute Gasteiger partial charge is 0.348 e. The third kappa shape index (κ3) is 5.05. The molecule has 0 radical (unpaired) electrons. The van der Waals surface area contributed by atoms with E-state index in [2.05, 4.69) is 17.3 Å². The van der Waals surface area contributed by atoms with Gasteiger partial charge in [0.25, 0.3) is 11.5 Å². The van der Waals surface area contributed by atoms with E-state index in [1.54, 1.807) is 21.9 Å². The standard InChI is InChI=1S/C25H29N5O3/c1-3-10-30-15-20(13-27-30)12-26-24(32)23-22-9-11-28(18(2)31)16-21(22)17-29(25(23)33)14-19-7-5-4-6-8-19/h4-8,13,15,17H,3,9-12,14,16H2,1-2H3,(H,26,32). The number of nitrogens with zero attached hydrogens (tertiary/aromatic N) is 4. The van der Waals surface area contributed by atoms with Crippen LogP contribution in [0.5, 0.6) is 0 Å². The van der Waals surface area contributed by atoms with E-state index in [1.807, 2.05) is 41.2 Å². The summed E-state index contributed by atoms with van der Waals surface area (Å²) in [7, 11) is 0. The minimum absolute atomic E-state index is 0.0171. The molecular weight excluding hydrogens is 418 g/mol. The van der Waals surface area contributed by atoms with Crippen LogP contribution in [0.4, 0.5) is 0 Å². The van der Waals surface area contributed by atoms with Gasteiger partial charge in [-0.3, -0.25) is 19.1 Å². The van der Waals surface area contributed by atoms with E-state index in [4.69, 9.17) is 0 Å². The molecule has 3 aromatic rings. The molecule has 2 amide bonds. The quantitative estimate of drug-likeness (QED) is 0.602. The first-order valence-electron chi connectivity index (χ1n) is 11.3. The summed E-state index contributed by atoms with van der Waals surface area (Å²) in [5.41, 5.74) is 3.29. The Morgan fingerprint density at radius 2 is 1.91 bits per heavy atom. The Labute approximate surface area is 192 Å². The molecule has 0 saturated carbocycles.